The second kappa shape index (κ2) is 5.52. The van der Waals surface area contributed by atoms with Crippen LogP contribution in [0.25, 0.3) is 0 Å². The Balaban J connectivity index is 1.78. The molecule has 1 saturated heterocycles. The summed E-state index contributed by atoms with van der Waals surface area (Å²) in [5.74, 6) is 0.104. The molecule has 2 unspecified atom stereocenters. The number of thiazole rings is 1. The number of nitrogens with zero attached hydrogens (tertiary/aromatic N) is 1. The zero-order valence-corrected chi connectivity index (χ0v) is 10.3. The van der Waals surface area contributed by atoms with Crippen LogP contribution in [0.3, 0.4) is 0 Å². The van der Waals surface area contributed by atoms with Gasteiger partial charge in [-0.15, -0.1) is 11.3 Å². The summed E-state index contributed by atoms with van der Waals surface area (Å²) in [6.45, 7) is 2.15. The Hall–Kier alpha value is -0.700. The number of β-amino-alcohol motifs (C(OH)–C–C–N with tert-alkyl or cyclic N) is 1. The van der Waals surface area contributed by atoms with Crippen LogP contribution in [0, 0.1) is 5.92 Å². The normalized spacial score (nSPS) is 24.7. The quantitative estimate of drug-likeness (QED) is 0.765. The molecule has 1 aliphatic heterocycles. The molecular formula is C10H14F3N3OS. The van der Waals surface area contributed by atoms with Gasteiger partial charge in [-0.3, -0.25) is 0 Å². The van der Waals surface area contributed by atoms with Crippen molar-refractivity contribution in [1.29, 1.82) is 0 Å². The minimum Gasteiger partial charge on any atom is -0.391 e. The highest BCUT2D eigenvalue weighted by molar-refractivity contribution is 7.11. The van der Waals surface area contributed by atoms with E-state index in [9.17, 15) is 18.3 Å². The summed E-state index contributed by atoms with van der Waals surface area (Å²) in [6.07, 6.45) is -3.85. The van der Waals surface area contributed by atoms with Crippen LogP contribution in [0.2, 0.25) is 0 Å². The second-order valence-electron chi connectivity index (χ2n) is 4.23. The summed E-state index contributed by atoms with van der Waals surface area (Å²) in [5, 5.41) is 16.0. The lowest BCUT2D eigenvalue weighted by Crippen LogP contribution is -2.30. The topological polar surface area (TPSA) is 57.2 Å². The lowest BCUT2D eigenvalue weighted by atomic mass is 10.1. The molecule has 0 spiro atoms. The van der Waals surface area contributed by atoms with E-state index in [0.29, 0.717) is 36.0 Å². The van der Waals surface area contributed by atoms with Crippen LogP contribution in [0.15, 0.2) is 6.20 Å². The molecule has 2 heterocycles. The highest BCUT2D eigenvalue weighted by Gasteiger charge is 2.33. The van der Waals surface area contributed by atoms with Gasteiger partial charge in [-0.1, -0.05) is 0 Å². The minimum atomic E-state index is -4.32. The average molecular weight is 281 g/mol. The predicted molar refractivity (Wildman–Crippen MR) is 61.2 cm³/mol. The molecule has 2 atom stereocenters. The van der Waals surface area contributed by atoms with E-state index in [2.05, 4.69) is 15.6 Å². The highest BCUT2D eigenvalue weighted by Crippen LogP contribution is 2.33. The number of rotatable bonds is 4. The molecule has 8 heteroatoms. The van der Waals surface area contributed by atoms with Crippen molar-refractivity contribution < 1.29 is 18.3 Å². The van der Waals surface area contributed by atoms with Gasteiger partial charge >= 0.3 is 6.18 Å². The smallest absolute Gasteiger partial charge is 0.391 e. The monoisotopic (exact) mass is 281 g/mol. The van der Waals surface area contributed by atoms with Gasteiger partial charge in [-0.25, -0.2) is 4.98 Å². The van der Waals surface area contributed by atoms with E-state index in [-0.39, 0.29) is 12.0 Å². The van der Waals surface area contributed by atoms with Gasteiger partial charge in [0.15, 0.2) is 0 Å². The van der Waals surface area contributed by atoms with E-state index >= 15 is 0 Å². The number of halogens is 3. The molecule has 0 aromatic carbocycles. The van der Waals surface area contributed by atoms with E-state index < -0.39 is 11.1 Å². The molecule has 3 N–H and O–H groups in total. The van der Waals surface area contributed by atoms with Gasteiger partial charge in [-0.05, 0) is 0 Å². The van der Waals surface area contributed by atoms with Crippen LogP contribution >= 0.6 is 11.3 Å². The standard InChI is InChI=1S/C10H14F3N3OS/c11-10(12,13)8-4-16-9(18-8)5-15-2-6-1-14-3-7(6)17/h4,6-7,14-15,17H,1-3,5H2. The maximum Gasteiger partial charge on any atom is 0.427 e. The summed E-state index contributed by atoms with van der Waals surface area (Å²) in [5.41, 5.74) is 0. The first-order valence-electron chi connectivity index (χ1n) is 5.58. The molecule has 0 bridgehead atoms. The van der Waals surface area contributed by atoms with Gasteiger partial charge in [0, 0.05) is 32.1 Å². The van der Waals surface area contributed by atoms with Gasteiger partial charge in [0.2, 0.25) is 0 Å². The summed E-state index contributed by atoms with van der Waals surface area (Å²) in [4.78, 5) is 3.04. The number of hydrogen-bond acceptors (Lipinski definition) is 5. The van der Waals surface area contributed by atoms with Crippen molar-refractivity contribution >= 4 is 11.3 Å². The fourth-order valence-corrected chi connectivity index (χ4v) is 2.57. The molecule has 4 nitrogen and oxygen atoms in total. The summed E-state index contributed by atoms with van der Waals surface area (Å²) >= 11 is 0.646. The summed E-state index contributed by atoms with van der Waals surface area (Å²) in [7, 11) is 0. The molecular weight excluding hydrogens is 267 g/mol. The Morgan fingerprint density at radius 1 is 1.50 bits per heavy atom. The zero-order chi connectivity index (χ0) is 13.2. The largest absolute Gasteiger partial charge is 0.427 e. The maximum atomic E-state index is 12.3. The van der Waals surface area contributed by atoms with Crippen LogP contribution < -0.4 is 10.6 Å². The minimum absolute atomic E-state index is 0.104. The molecule has 102 valence electrons. The molecule has 0 amide bonds. The Morgan fingerprint density at radius 2 is 2.28 bits per heavy atom. The van der Waals surface area contributed by atoms with E-state index in [1.54, 1.807) is 0 Å². The van der Waals surface area contributed by atoms with E-state index in [1.807, 2.05) is 0 Å². The predicted octanol–water partition coefficient (Wildman–Crippen LogP) is 0.832. The van der Waals surface area contributed by atoms with Gasteiger partial charge < -0.3 is 15.7 Å². The van der Waals surface area contributed by atoms with E-state index in [0.717, 1.165) is 12.7 Å². The average Bonchev–Trinajstić information content (AvgIpc) is 2.88. The SMILES string of the molecule is OC1CNCC1CNCc1ncc(C(F)(F)F)s1. The molecule has 18 heavy (non-hydrogen) atoms. The Morgan fingerprint density at radius 3 is 2.83 bits per heavy atom. The van der Waals surface area contributed by atoms with E-state index in [1.165, 1.54) is 0 Å². The van der Waals surface area contributed by atoms with Crippen molar-refractivity contribution in [3.05, 3.63) is 16.1 Å². The number of alkyl halides is 3. The lowest BCUT2D eigenvalue weighted by Gasteiger charge is -2.13. The Bertz CT molecular complexity index is 396. The molecule has 1 fully saturated rings. The maximum absolute atomic E-state index is 12.3. The molecule has 0 saturated carbocycles. The van der Waals surface area contributed by atoms with Gasteiger partial charge in [0.25, 0.3) is 0 Å². The number of aliphatic hydroxyl groups is 1. The molecule has 1 aromatic rings. The zero-order valence-electron chi connectivity index (χ0n) is 9.50. The third kappa shape index (κ3) is 3.41. The lowest BCUT2D eigenvalue weighted by molar-refractivity contribution is -0.134. The molecule has 1 aromatic heterocycles. The first-order chi connectivity index (χ1) is 8.47. The van der Waals surface area contributed by atoms with Crippen molar-refractivity contribution in [2.45, 2.75) is 18.8 Å². The molecule has 0 radical (unpaired) electrons. The van der Waals surface area contributed by atoms with Crippen molar-refractivity contribution in [3.8, 4) is 0 Å². The third-order valence-electron chi connectivity index (χ3n) is 2.82. The third-order valence-corrected chi connectivity index (χ3v) is 3.86. The number of aromatic nitrogens is 1. The molecule has 1 aliphatic rings. The number of aliphatic hydroxyl groups excluding tert-OH is 1. The fourth-order valence-electron chi connectivity index (χ4n) is 1.82. The second-order valence-corrected chi connectivity index (χ2v) is 5.35. The Kier molecular flexibility index (Phi) is 4.21. The van der Waals surface area contributed by atoms with Crippen molar-refractivity contribution in [2.24, 2.45) is 5.92 Å². The molecule has 2 rings (SSSR count). The summed E-state index contributed by atoms with van der Waals surface area (Å²) < 4.78 is 37.0. The van der Waals surface area contributed by atoms with Crippen LogP contribution in [-0.2, 0) is 12.7 Å². The van der Waals surface area contributed by atoms with Crippen molar-refractivity contribution in [3.63, 3.8) is 0 Å². The van der Waals surface area contributed by atoms with Gasteiger partial charge in [0.1, 0.15) is 9.88 Å². The van der Waals surface area contributed by atoms with Gasteiger partial charge in [-0.2, -0.15) is 13.2 Å². The number of nitrogens with one attached hydrogen (secondary N) is 2. The van der Waals surface area contributed by atoms with E-state index in [4.69, 9.17) is 0 Å². The highest BCUT2D eigenvalue weighted by atomic mass is 32.1. The first kappa shape index (κ1) is 13.7. The molecule has 0 aliphatic carbocycles. The van der Waals surface area contributed by atoms with Crippen molar-refractivity contribution in [1.82, 2.24) is 15.6 Å². The van der Waals surface area contributed by atoms with Crippen LogP contribution in [0.1, 0.15) is 9.88 Å². The van der Waals surface area contributed by atoms with Crippen LogP contribution in [0.5, 0.6) is 0 Å². The van der Waals surface area contributed by atoms with Crippen molar-refractivity contribution in [2.75, 3.05) is 19.6 Å². The van der Waals surface area contributed by atoms with Gasteiger partial charge in [0.05, 0.1) is 12.3 Å². The van der Waals surface area contributed by atoms with Crippen LogP contribution in [-0.4, -0.2) is 35.8 Å². The number of hydrogen-bond donors (Lipinski definition) is 3. The summed E-state index contributed by atoms with van der Waals surface area (Å²) in [6, 6.07) is 0. The first-order valence-corrected chi connectivity index (χ1v) is 6.40. The Labute approximate surface area is 106 Å². The fraction of sp³-hybridized carbons (Fsp3) is 0.700. The van der Waals surface area contributed by atoms with Crippen LogP contribution in [0.4, 0.5) is 13.2 Å².